The summed E-state index contributed by atoms with van der Waals surface area (Å²) in [5.41, 5.74) is 4.12. The lowest BCUT2D eigenvalue weighted by Crippen LogP contribution is -2.36. The Morgan fingerprint density at radius 3 is 2.48 bits per heavy atom. The van der Waals surface area contributed by atoms with Gasteiger partial charge in [0.05, 0.1) is 12.3 Å². The smallest absolute Gasteiger partial charge is 0.255 e. The lowest BCUT2D eigenvalue weighted by atomic mass is 10.1. The number of aliphatic imine (C=N–C) groups is 1. The molecule has 1 heterocycles. The number of rotatable bonds is 4. The second kappa shape index (κ2) is 8.03. The van der Waals surface area contributed by atoms with Crippen molar-refractivity contribution >= 4 is 35.6 Å². The Kier molecular flexibility index (Phi) is 6.04. The summed E-state index contributed by atoms with van der Waals surface area (Å²) in [6.45, 7) is 6.84. The Hall–Kier alpha value is -2.53. The van der Waals surface area contributed by atoms with Crippen molar-refractivity contribution in [2.24, 2.45) is 4.99 Å². The van der Waals surface area contributed by atoms with Gasteiger partial charge in [0, 0.05) is 5.69 Å². The molecule has 1 amide bonds. The van der Waals surface area contributed by atoms with Crippen LogP contribution >= 0.6 is 12.4 Å². The van der Waals surface area contributed by atoms with Gasteiger partial charge < -0.3 is 10.1 Å². The van der Waals surface area contributed by atoms with Crippen molar-refractivity contribution < 1.29 is 9.53 Å². The number of nitrogens with zero attached hydrogens (tertiary/aromatic N) is 2. The van der Waals surface area contributed by atoms with E-state index >= 15 is 0 Å². The van der Waals surface area contributed by atoms with Crippen molar-refractivity contribution in [2.75, 3.05) is 23.4 Å². The molecule has 0 saturated carbocycles. The summed E-state index contributed by atoms with van der Waals surface area (Å²) < 4.78 is 5.45. The molecule has 3 rings (SSSR count). The number of anilines is 2. The van der Waals surface area contributed by atoms with Crippen LogP contribution in [0.3, 0.4) is 0 Å². The Morgan fingerprint density at radius 1 is 1.12 bits per heavy atom. The minimum atomic E-state index is -0.0505. The molecular weight excluding hydrogens is 338 g/mol. The highest BCUT2D eigenvalue weighted by atomic mass is 35.5. The molecule has 0 radical (unpaired) electrons. The molecule has 1 N–H and O–H groups in total. The van der Waals surface area contributed by atoms with Crippen LogP contribution in [0.1, 0.15) is 18.1 Å². The van der Waals surface area contributed by atoms with E-state index in [-0.39, 0.29) is 24.9 Å². The maximum absolute atomic E-state index is 12.2. The number of hydrogen-bond acceptors (Lipinski definition) is 4. The first-order valence-electron chi connectivity index (χ1n) is 8.03. The zero-order chi connectivity index (χ0) is 17.1. The van der Waals surface area contributed by atoms with Gasteiger partial charge in [-0.1, -0.05) is 6.07 Å². The molecule has 0 unspecified atom stereocenters. The summed E-state index contributed by atoms with van der Waals surface area (Å²) in [6.07, 6.45) is 0. The highest BCUT2D eigenvalue weighted by molar-refractivity contribution is 6.24. The van der Waals surface area contributed by atoms with E-state index in [1.54, 1.807) is 4.90 Å². The molecule has 0 fully saturated rings. The van der Waals surface area contributed by atoms with Gasteiger partial charge in [0.25, 0.3) is 5.91 Å². The first-order valence-corrected chi connectivity index (χ1v) is 8.03. The fourth-order valence-corrected chi connectivity index (χ4v) is 2.57. The van der Waals surface area contributed by atoms with E-state index in [0.29, 0.717) is 12.6 Å². The van der Waals surface area contributed by atoms with Gasteiger partial charge in [-0.2, -0.15) is 0 Å². The van der Waals surface area contributed by atoms with Gasteiger partial charge in [-0.3, -0.25) is 4.79 Å². The fraction of sp³-hybridized carbons (Fsp3) is 0.263. The number of ether oxygens (including phenoxy) is 1. The van der Waals surface area contributed by atoms with Crippen molar-refractivity contribution in [1.29, 1.82) is 0 Å². The number of benzene rings is 2. The number of halogens is 1. The zero-order valence-electron chi connectivity index (χ0n) is 14.6. The molecule has 0 aromatic heterocycles. The molecule has 132 valence electrons. The molecule has 0 bridgehead atoms. The normalized spacial score (nSPS) is 13.3. The van der Waals surface area contributed by atoms with Crippen LogP contribution in [0.4, 0.5) is 11.4 Å². The summed E-state index contributed by atoms with van der Waals surface area (Å²) >= 11 is 0. The fourth-order valence-electron chi connectivity index (χ4n) is 2.57. The number of carbonyl (C=O) groups is 1. The first kappa shape index (κ1) is 18.8. The van der Waals surface area contributed by atoms with Gasteiger partial charge in [0.15, 0.2) is 0 Å². The molecule has 25 heavy (non-hydrogen) atoms. The highest BCUT2D eigenvalue weighted by Gasteiger charge is 2.27. The minimum Gasteiger partial charge on any atom is -0.494 e. The molecule has 2 aromatic carbocycles. The molecule has 5 nitrogen and oxygen atoms in total. The summed E-state index contributed by atoms with van der Waals surface area (Å²) in [6, 6.07) is 13.5. The Balaban J connectivity index is 0.00000225. The third-order valence-corrected chi connectivity index (χ3v) is 3.99. The van der Waals surface area contributed by atoms with Crippen LogP contribution in [0.25, 0.3) is 0 Å². The number of amides is 1. The van der Waals surface area contributed by atoms with Gasteiger partial charge in [-0.25, -0.2) is 9.89 Å². The Morgan fingerprint density at radius 2 is 1.84 bits per heavy atom. The van der Waals surface area contributed by atoms with E-state index in [0.717, 1.165) is 17.1 Å². The van der Waals surface area contributed by atoms with E-state index in [1.165, 1.54) is 11.1 Å². The van der Waals surface area contributed by atoms with Crippen molar-refractivity contribution in [2.45, 2.75) is 20.8 Å². The molecule has 0 aliphatic carbocycles. The number of guanidine groups is 1. The predicted molar refractivity (Wildman–Crippen MR) is 104 cm³/mol. The van der Waals surface area contributed by atoms with Gasteiger partial charge in [-0.05, 0) is 68.3 Å². The van der Waals surface area contributed by atoms with E-state index < -0.39 is 0 Å². The van der Waals surface area contributed by atoms with Crippen molar-refractivity contribution in [3.63, 3.8) is 0 Å². The van der Waals surface area contributed by atoms with E-state index in [9.17, 15) is 4.79 Å². The first-order chi connectivity index (χ1) is 11.6. The summed E-state index contributed by atoms with van der Waals surface area (Å²) in [4.78, 5) is 18.2. The summed E-state index contributed by atoms with van der Waals surface area (Å²) in [7, 11) is 0. The Bertz CT molecular complexity index is 788. The minimum absolute atomic E-state index is 0. The van der Waals surface area contributed by atoms with Crippen LogP contribution in [-0.4, -0.2) is 25.0 Å². The van der Waals surface area contributed by atoms with Gasteiger partial charge in [-0.15, -0.1) is 12.4 Å². The quantitative estimate of drug-likeness (QED) is 0.899. The Labute approximate surface area is 154 Å². The van der Waals surface area contributed by atoms with Gasteiger partial charge in [0.1, 0.15) is 12.3 Å². The van der Waals surface area contributed by atoms with Crippen molar-refractivity contribution in [3.8, 4) is 5.75 Å². The number of nitrogens with one attached hydrogen (secondary N) is 1. The molecule has 0 saturated heterocycles. The SMILES string of the molecule is CCOc1ccc(N2C(=O)CN=C2Nc2ccc(C)c(C)c2)cc1.Cl. The van der Waals surface area contributed by atoms with Crippen LogP contribution in [0.5, 0.6) is 5.75 Å². The predicted octanol–water partition coefficient (Wildman–Crippen LogP) is 3.94. The molecule has 1 aliphatic heterocycles. The van der Waals surface area contributed by atoms with Gasteiger partial charge >= 0.3 is 0 Å². The number of aryl methyl sites for hydroxylation is 2. The largest absolute Gasteiger partial charge is 0.494 e. The monoisotopic (exact) mass is 359 g/mol. The second-order valence-electron chi connectivity index (χ2n) is 5.72. The van der Waals surface area contributed by atoms with E-state index in [1.807, 2.05) is 37.3 Å². The average Bonchev–Trinajstić information content (AvgIpc) is 2.93. The highest BCUT2D eigenvalue weighted by Crippen LogP contribution is 2.23. The zero-order valence-corrected chi connectivity index (χ0v) is 15.4. The average molecular weight is 360 g/mol. The van der Waals surface area contributed by atoms with Crippen LogP contribution in [0.2, 0.25) is 0 Å². The molecular formula is C19H22ClN3O2. The lowest BCUT2D eigenvalue weighted by Gasteiger charge is -2.20. The molecule has 2 aromatic rings. The van der Waals surface area contributed by atoms with Crippen LogP contribution in [0, 0.1) is 13.8 Å². The molecule has 1 aliphatic rings. The van der Waals surface area contributed by atoms with Crippen LogP contribution < -0.4 is 15.0 Å². The number of carbonyl (C=O) groups excluding carboxylic acids is 1. The third-order valence-electron chi connectivity index (χ3n) is 3.99. The standard InChI is InChI=1S/C19H21N3O2.ClH/c1-4-24-17-9-7-16(8-10-17)22-18(23)12-20-19(22)21-15-6-5-13(2)14(3)11-15;/h5-11H,4,12H2,1-3H3,(H,20,21);1H. The summed E-state index contributed by atoms with van der Waals surface area (Å²) in [5, 5.41) is 3.25. The lowest BCUT2D eigenvalue weighted by molar-refractivity contribution is -0.115. The number of hydrogen-bond donors (Lipinski definition) is 1. The second-order valence-corrected chi connectivity index (χ2v) is 5.72. The van der Waals surface area contributed by atoms with E-state index in [4.69, 9.17) is 4.74 Å². The maximum Gasteiger partial charge on any atom is 0.255 e. The summed E-state index contributed by atoms with van der Waals surface area (Å²) in [5.74, 6) is 1.28. The third kappa shape index (κ3) is 4.12. The van der Waals surface area contributed by atoms with Crippen molar-refractivity contribution in [1.82, 2.24) is 0 Å². The van der Waals surface area contributed by atoms with Crippen LogP contribution in [0.15, 0.2) is 47.5 Å². The van der Waals surface area contributed by atoms with Crippen molar-refractivity contribution in [3.05, 3.63) is 53.6 Å². The molecule has 6 heteroatoms. The van der Waals surface area contributed by atoms with Crippen LogP contribution in [-0.2, 0) is 4.79 Å². The molecule has 0 spiro atoms. The maximum atomic E-state index is 12.2. The van der Waals surface area contributed by atoms with Gasteiger partial charge in [0.2, 0.25) is 5.96 Å². The molecule has 0 atom stereocenters. The van der Waals surface area contributed by atoms with E-state index in [2.05, 4.69) is 36.3 Å². The topological polar surface area (TPSA) is 53.9 Å².